The molecule has 0 spiro atoms. The summed E-state index contributed by atoms with van der Waals surface area (Å²) in [5.74, 6) is -0.652. The van der Waals surface area contributed by atoms with Crippen molar-refractivity contribution in [1.82, 2.24) is 15.1 Å². The lowest BCUT2D eigenvalue weighted by Crippen LogP contribution is -2.59. The molecule has 24 nitrogen and oxygen atoms in total. The Hall–Kier alpha value is -2.60. The molecule has 4 aliphatic heterocycles. The van der Waals surface area contributed by atoms with Crippen LogP contribution in [-0.2, 0) is 47.6 Å². The van der Waals surface area contributed by atoms with E-state index >= 15 is 0 Å². The predicted molar refractivity (Wildman–Crippen MR) is 232 cm³/mol. The van der Waals surface area contributed by atoms with Gasteiger partial charge in [0, 0.05) is 64.8 Å². The molecule has 394 valence electrons. The van der Waals surface area contributed by atoms with Crippen molar-refractivity contribution in [1.29, 1.82) is 0 Å². The standard InChI is InChI=1S/C44H77N3O21/c1-3-26(50)8-6-4-5-7-9-30(52)46-15-12-44(13-16-46,22-29(51)45-14-19-63-41-38(60)35(57)32(54)25(2)66-41)11-10-31(53)47(17-20-64-42-39(61)36(58)33(55)27(23-48)67-42)18-21-65-43-40(62)37(59)34(56)28(24-49)68-43/h25,27-28,32-43,48-49,54-62H,3-24H2,1-2H3,(H,45,51)/t25-,27+,28+,32+,33+,34+,35+,36-,37-,38-,39-,40-,41+,42-,43-/m0/s1. The van der Waals surface area contributed by atoms with Crippen LogP contribution in [0.2, 0.25) is 0 Å². The van der Waals surface area contributed by atoms with Crippen LogP contribution in [0.25, 0.3) is 0 Å². The molecular weight excluding hydrogens is 906 g/mol. The number of piperidine rings is 1. The van der Waals surface area contributed by atoms with Crippen LogP contribution >= 0.6 is 0 Å². The molecule has 0 aromatic heterocycles. The first-order chi connectivity index (χ1) is 32.4. The molecule has 0 radical (unpaired) electrons. The average molecular weight is 984 g/mol. The Labute approximate surface area is 396 Å². The van der Waals surface area contributed by atoms with Gasteiger partial charge in [0.05, 0.1) is 39.1 Å². The van der Waals surface area contributed by atoms with Gasteiger partial charge in [-0.3, -0.25) is 19.2 Å². The van der Waals surface area contributed by atoms with Crippen molar-refractivity contribution in [3.8, 4) is 0 Å². The first-order valence-electron chi connectivity index (χ1n) is 23.9. The van der Waals surface area contributed by atoms with E-state index in [0.717, 1.165) is 19.3 Å². The van der Waals surface area contributed by atoms with Crippen LogP contribution in [0.4, 0.5) is 0 Å². The quantitative estimate of drug-likeness (QED) is 0.0345. The van der Waals surface area contributed by atoms with Gasteiger partial charge in [-0.2, -0.15) is 0 Å². The fourth-order valence-corrected chi connectivity index (χ4v) is 8.81. The maximum atomic E-state index is 14.1. The fraction of sp³-hybridized carbons (Fsp3) is 0.909. The topological polar surface area (TPSA) is 365 Å². The molecule has 15 atom stereocenters. The SMILES string of the molecule is CCC(=O)CCCCCCC(=O)N1CCC(CCC(=O)N(CCO[C@H]2O[C@H](CO)[C@@H](O)[C@H](O)[C@@H]2O)CCO[C@H]2O[C@H](CO)[C@@H](O)[C@H](O)[C@@H]2O)(CC(=O)NCCO[C@@H]2O[C@@H](C)[C@@H](O)[C@@H](O)[C@@H]2O)CC1. The van der Waals surface area contributed by atoms with Crippen LogP contribution in [0, 0.1) is 5.41 Å². The Bertz CT molecular complexity index is 1500. The van der Waals surface area contributed by atoms with E-state index in [4.69, 9.17) is 28.4 Å². The van der Waals surface area contributed by atoms with Gasteiger partial charge in [0.2, 0.25) is 17.7 Å². The second-order valence-corrected chi connectivity index (χ2v) is 18.3. The van der Waals surface area contributed by atoms with E-state index in [1.54, 1.807) is 4.90 Å². The van der Waals surface area contributed by atoms with Gasteiger partial charge in [-0.25, -0.2) is 0 Å². The molecule has 68 heavy (non-hydrogen) atoms. The van der Waals surface area contributed by atoms with E-state index in [0.29, 0.717) is 51.6 Å². The number of carbonyl (C=O) groups is 4. The zero-order valence-electron chi connectivity index (χ0n) is 39.1. The number of Topliss-reactive ketones (excluding diaryl/α,β-unsaturated/α-hetero) is 1. The molecule has 4 rings (SSSR count). The summed E-state index contributed by atoms with van der Waals surface area (Å²) in [6.07, 6.45) is -16.8. The van der Waals surface area contributed by atoms with E-state index in [-0.39, 0.29) is 76.3 Å². The highest BCUT2D eigenvalue weighted by Gasteiger charge is 2.46. The number of carbonyl (C=O) groups excluding carboxylic acids is 4. The van der Waals surface area contributed by atoms with Gasteiger partial charge in [-0.1, -0.05) is 19.8 Å². The summed E-state index contributed by atoms with van der Waals surface area (Å²) in [6, 6.07) is 0. The fourth-order valence-electron chi connectivity index (χ4n) is 8.81. The number of hydrogen-bond acceptors (Lipinski definition) is 21. The number of amides is 3. The lowest BCUT2D eigenvalue weighted by molar-refractivity contribution is -0.303. The van der Waals surface area contributed by atoms with E-state index in [1.165, 1.54) is 11.8 Å². The lowest BCUT2D eigenvalue weighted by atomic mass is 9.72. The molecule has 0 unspecified atom stereocenters. The van der Waals surface area contributed by atoms with Gasteiger partial charge in [0.15, 0.2) is 18.9 Å². The number of rotatable bonds is 27. The second-order valence-electron chi connectivity index (χ2n) is 18.3. The Morgan fingerprint density at radius 2 is 1.12 bits per heavy atom. The zero-order chi connectivity index (χ0) is 50.1. The number of hydrogen-bond donors (Lipinski definition) is 12. The van der Waals surface area contributed by atoms with Crippen molar-refractivity contribution in [2.45, 2.75) is 183 Å². The van der Waals surface area contributed by atoms with Crippen molar-refractivity contribution in [2.24, 2.45) is 5.41 Å². The maximum Gasteiger partial charge on any atom is 0.222 e. The first-order valence-corrected chi connectivity index (χ1v) is 23.9. The third-order valence-electron chi connectivity index (χ3n) is 13.4. The normalized spacial score (nSPS) is 34.1. The van der Waals surface area contributed by atoms with Crippen molar-refractivity contribution in [3.05, 3.63) is 0 Å². The van der Waals surface area contributed by atoms with Crippen molar-refractivity contribution in [2.75, 3.05) is 65.8 Å². The Morgan fingerprint density at radius 1 is 0.632 bits per heavy atom. The summed E-state index contributed by atoms with van der Waals surface area (Å²) in [6.45, 7) is 1.56. The number of likely N-dealkylation sites (tertiary alicyclic amines) is 1. The molecule has 4 aliphatic rings. The van der Waals surface area contributed by atoms with E-state index < -0.39 is 117 Å². The van der Waals surface area contributed by atoms with Gasteiger partial charge in [0.1, 0.15) is 72.9 Å². The summed E-state index contributed by atoms with van der Waals surface area (Å²) in [5, 5.41) is 114. The number of aliphatic hydroxyl groups is 11. The van der Waals surface area contributed by atoms with Crippen molar-refractivity contribution in [3.63, 3.8) is 0 Å². The number of nitrogens with zero attached hydrogens (tertiary/aromatic N) is 2. The van der Waals surface area contributed by atoms with E-state index in [1.807, 2.05) is 6.92 Å². The van der Waals surface area contributed by atoms with Crippen LogP contribution in [0.1, 0.15) is 90.9 Å². The van der Waals surface area contributed by atoms with Gasteiger partial charge in [-0.15, -0.1) is 0 Å². The summed E-state index contributed by atoms with van der Waals surface area (Å²) in [5.41, 5.74) is -0.771. The monoisotopic (exact) mass is 984 g/mol. The molecule has 3 amide bonds. The Kier molecular flexibility index (Phi) is 24.2. The molecule has 0 aromatic carbocycles. The van der Waals surface area contributed by atoms with E-state index in [9.17, 15) is 75.3 Å². The van der Waals surface area contributed by atoms with Crippen LogP contribution in [0.5, 0.6) is 0 Å². The van der Waals surface area contributed by atoms with E-state index in [2.05, 4.69) is 5.32 Å². The third-order valence-corrected chi connectivity index (χ3v) is 13.4. The third kappa shape index (κ3) is 16.5. The predicted octanol–water partition coefficient (Wildman–Crippen LogP) is -4.49. The highest BCUT2D eigenvalue weighted by atomic mass is 16.7. The summed E-state index contributed by atoms with van der Waals surface area (Å²) >= 11 is 0. The first kappa shape index (κ1) is 58.0. The number of ether oxygens (including phenoxy) is 6. The van der Waals surface area contributed by atoms with Crippen LogP contribution in [0.15, 0.2) is 0 Å². The minimum absolute atomic E-state index is 0.0126. The zero-order valence-corrected chi connectivity index (χ0v) is 39.1. The average Bonchev–Trinajstić information content (AvgIpc) is 3.33. The van der Waals surface area contributed by atoms with Crippen molar-refractivity contribution >= 4 is 23.5 Å². The molecule has 4 heterocycles. The molecule has 0 aliphatic carbocycles. The highest BCUT2D eigenvalue weighted by molar-refractivity contribution is 5.79. The summed E-state index contributed by atoms with van der Waals surface area (Å²) in [7, 11) is 0. The van der Waals surface area contributed by atoms with Crippen LogP contribution in [0.3, 0.4) is 0 Å². The molecule has 4 saturated heterocycles. The largest absolute Gasteiger partial charge is 0.394 e. The molecule has 4 fully saturated rings. The van der Waals surface area contributed by atoms with Gasteiger partial charge in [-0.05, 0) is 44.4 Å². The maximum absolute atomic E-state index is 14.1. The lowest BCUT2D eigenvalue weighted by Gasteiger charge is -2.42. The second kappa shape index (κ2) is 28.4. The molecule has 0 bridgehead atoms. The minimum atomic E-state index is -1.71. The smallest absolute Gasteiger partial charge is 0.222 e. The minimum Gasteiger partial charge on any atom is -0.394 e. The van der Waals surface area contributed by atoms with Gasteiger partial charge in [0.25, 0.3) is 0 Å². The molecule has 0 saturated carbocycles. The molecule has 0 aromatic rings. The number of aliphatic hydroxyl groups excluding tert-OH is 11. The molecular formula is C44H77N3O21. The molecule has 12 N–H and O–H groups in total. The van der Waals surface area contributed by atoms with Crippen molar-refractivity contribution < 1.29 is 104 Å². The number of unbranched alkanes of at least 4 members (excludes halogenated alkanes) is 3. The Balaban J connectivity index is 1.41. The number of nitrogens with one attached hydrogen (secondary N) is 1. The number of ketones is 1. The van der Waals surface area contributed by atoms with Crippen LogP contribution in [-0.4, -0.2) is 247 Å². The Morgan fingerprint density at radius 3 is 1.63 bits per heavy atom. The van der Waals surface area contributed by atoms with Crippen LogP contribution < -0.4 is 5.32 Å². The summed E-state index contributed by atoms with van der Waals surface area (Å²) in [4.78, 5) is 55.7. The van der Waals surface area contributed by atoms with Gasteiger partial charge >= 0.3 is 0 Å². The van der Waals surface area contributed by atoms with Gasteiger partial charge < -0.3 is 99.7 Å². The molecule has 24 heteroatoms. The summed E-state index contributed by atoms with van der Waals surface area (Å²) < 4.78 is 33.2. The highest BCUT2D eigenvalue weighted by Crippen LogP contribution is 2.40.